The first-order chi connectivity index (χ1) is 9.49. The quantitative estimate of drug-likeness (QED) is 0.521. The number of nitro groups is 1. The molecule has 20 heavy (non-hydrogen) atoms. The van der Waals surface area contributed by atoms with Gasteiger partial charge in [0.2, 0.25) is 0 Å². The Balaban J connectivity index is 2.15. The highest BCUT2D eigenvalue weighted by molar-refractivity contribution is 6.29. The zero-order chi connectivity index (χ0) is 14.7. The Labute approximate surface area is 120 Å². The molecule has 8 heteroatoms. The average Bonchev–Trinajstić information content (AvgIpc) is 2.92. The second kappa shape index (κ2) is 6.15. The Kier molecular flexibility index (Phi) is 4.51. The average molecular weight is 300 g/mol. The van der Waals surface area contributed by atoms with Gasteiger partial charge in [-0.25, -0.2) is 4.98 Å². The van der Waals surface area contributed by atoms with Crippen molar-refractivity contribution in [2.75, 3.05) is 6.61 Å². The maximum Gasteiger partial charge on any atom is 0.300 e. The largest absolute Gasteiger partial charge is 0.376 e. The lowest BCUT2D eigenvalue weighted by Gasteiger charge is -2.19. The third kappa shape index (κ3) is 3.23. The number of aromatic nitrogens is 1. The van der Waals surface area contributed by atoms with E-state index < -0.39 is 10.8 Å². The monoisotopic (exact) mass is 299 g/mol. The maximum atomic E-state index is 12.1. The van der Waals surface area contributed by atoms with Gasteiger partial charge in [0.1, 0.15) is 16.9 Å². The van der Waals surface area contributed by atoms with Crippen LogP contribution in [0.4, 0.5) is 5.69 Å². The molecule has 0 bridgehead atoms. The van der Waals surface area contributed by atoms with Gasteiger partial charge < -0.3 is 10.1 Å². The number of nitrogens with zero attached hydrogens (tertiary/aromatic N) is 2. The van der Waals surface area contributed by atoms with E-state index in [1.807, 2.05) is 6.92 Å². The minimum absolute atomic E-state index is 0.0329. The van der Waals surface area contributed by atoms with E-state index in [4.69, 9.17) is 16.3 Å². The molecule has 1 saturated heterocycles. The fourth-order valence-corrected chi connectivity index (χ4v) is 2.28. The topological polar surface area (TPSA) is 94.4 Å². The Hall–Kier alpha value is -1.73. The van der Waals surface area contributed by atoms with Crippen molar-refractivity contribution in [2.24, 2.45) is 0 Å². The van der Waals surface area contributed by atoms with Gasteiger partial charge in [-0.3, -0.25) is 14.9 Å². The van der Waals surface area contributed by atoms with Crippen LogP contribution in [0.15, 0.2) is 12.3 Å². The van der Waals surface area contributed by atoms with Crippen LogP contribution in [0, 0.1) is 10.1 Å². The first-order valence-corrected chi connectivity index (χ1v) is 6.59. The van der Waals surface area contributed by atoms with E-state index >= 15 is 0 Å². The SMILES string of the molecule is CC(NC(=O)c1cc(Cl)ncc1[N+](=O)[O-])C1CCCO1. The lowest BCUT2D eigenvalue weighted by molar-refractivity contribution is -0.385. The summed E-state index contributed by atoms with van der Waals surface area (Å²) in [7, 11) is 0. The van der Waals surface area contributed by atoms with Crippen molar-refractivity contribution in [3.05, 3.63) is 33.1 Å². The number of pyridine rings is 1. The second-order valence-electron chi connectivity index (χ2n) is 4.59. The van der Waals surface area contributed by atoms with Gasteiger partial charge in [-0.2, -0.15) is 0 Å². The zero-order valence-electron chi connectivity index (χ0n) is 10.8. The molecule has 0 radical (unpaired) electrons. The number of rotatable bonds is 4. The van der Waals surface area contributed by atoms with Crippen molar-refractivity contribution < 1.29 is 14.5 Å². The van der Waals surface area contributed by atoms with E-state index in [1.165, 1.54) is 6.07 Å². The summed E-state index contributed by atoms with van der Waals surface area (Å²) in [5.41, 5.74) is -0.466. The fourth-order valence-electron chi connectivity index (χ4n) is 2.12. The summed E-state index contributed by atoms with van der Waals surface area (Å²) < 4.78 is 5.47. The number of hydrogen-bond acceptors (Lipinski definition) is 5. The molecular weight excluding hydrogens is 286 g/mol. The molecular formula is C12H14ClN3O4. The van der Waals surface area contributed by atoms with E-state index in [1.54, 1.807) is 0 Å². The summed E-state index contributed by atoms with van der Waals surface area (Å²) in [5, 5.41) is 13.6. The molecule has 1 aliphatic rings. The zero-order valence-corrected chi connectivity index (χ0v) is 11.6. The maximum absolute atomic E-state index is 12.1. The highest BCUT2D eigenvalue weighted by Gasteiger charge is 2.27. The van der Waals surface area contributed by atoms with Crippen LogP contribution in [0.5, 0.6) is 0 Å². The summed E-state index contributed by atoms with van der Waals surface area (Å²) in [4.78, 5) is 26.0. The predicted octanol–water partition coefficient (Wildman–Crippen LogP) is 1.94. The standard InChI is InChI=1S/C12H14ClN3O4/c1-7(10-3-2-4-20-10)15-12(17)8-5-11(13)14-6-9(8)16(18)19/h5-7,10H,2-4H2,1H3,(H,15,17). The minimum atomic E-state index is -0.658. The molecule has 2 unspecified atom stereocenters. The third-order valence-corrected chi connectivity index (χ3v) is 3.38. The molecule has 2 atom stereocenters. The second-order valence-corrected chi connectivity index (χ2v) is 4.98. The van der Waals surface area contributed by atoms with E-state index in [2.05, 4.69) is 10.3 Å². The van der Waals surface area contributed by atoms with Gasteiger partial charge in [0.25, 0.3) is 11.6 Å². The van der Waals surface area contributed by atoms with Gasteiger partial charge in [0.15, 0.2) is 0 Å². The number of ether oxygens (including phenoxy) is 1. The molecule has 7 nitrogen and oxygen atoms in total. The molecule has 0 saturated carbocycles. The molecule has 1 aromatic heterocycles. The highest BCUT2D eigenvalue weighted by Crippen LogP contribution is 2.21. The van der Waals surface area contributed by atoms with Crippen molar-refractivity contribution in [1.29, 1.82) is 0 Å². The number of hydrogen-bond donors (Lipinski definition) is 1. The van der Waals surface area contributed by atoms with E-state index in [9.17, 15) is 14.9 Å². The van der Waals surface area contributed by atoms with Gasteiger partial charge in [0.05, 0.1) is 17.1 Å². The normalized spacial score (nSPS) is 19.6. The molecule has 2 rings (SSSR count). The van der Waals surface area contributed by atoms with E-state index in [-0.39, 0.29) is 28.5 Å². The number of halogens is 1. The Morgan fingerprint density at radius 3 is 3.05 bits per heavy atom. The molecule has 1 fully saturated rings. The predicted molar refractivity (Wildman–Crippen MR) is 71.8 cm³/mol. The molecule has 108 valence electrons. The Morgan fingerprint density at radius 1 is 1.70 bits per heavy atom. The van der Waals surface area contributed by atoms with Gasteiger partial charge in [0, 0.05) is 6.61 Å². The minimum Gasteiger partial charge on any atom is -0.376 e. The third-order valence-electron chi connectivity index (χ3n) is 3.17. The van der Waals surface area contributed by atoms with Crippen LogP contribution in [0.25, 0.3) is 0 Å². The number of carbonyl (C=O) groups is 1. The first kappa shape index (κ1) is 14.7. The summed E-state index contributed by atoms with van der Waals surface area (Å²) in [6.07, 6.45) is 2.73. The van der Waals surface area contributed by atoms with Crippen LogP contribution in [-0.2, 0) is 4.74 Å². The van der Waals surface area contributed by atoms with E-state index in [0.29, 0.717) is 6.61 Å². The van der Waals surface area contributed by atoms with Gasteiger partial charge >= 0.3 is 0 Å². The summed E-state index contributed by atoms with van der Waals surface area (Å²) >= 11 is 5.69. The molecule has 0 spiro atoms. The van der Waals surface area contributed by atoms with Gasteiger partial charge in [-0.15, -0.1) is 0 Å². The molecule has 1 amide bonds. The summed E-state index contributed by atoms with van der Waals surface area (Å²) in [6.45, 7) is 2.48. The van der Waals surface area contributed by atoms with Gasteiger partial charge in [-0.05, 0) is 25.8 Å². The Morgan fingerprint density at radius 2 is 2.45 bits per heavy atom. The smallest absolute Gasteiger partial charge is 0.300 e. The van der Waals surface area contributed by atoms with Crippen molar-refractivity contribution in [3.63, 3.8) is 0 Å². The summed E-state index contributed by atoms with van der Waals surface area (Å²) in [6, 6.07) is 0.966. The van der Waals surface area contributed by atoms with Gasteiger partial charge in [-0.1, -0.05) is 11.6 Å². The van der Waals surface area contributed by atoms with Crippen LogP contribution in [0.3, 0.4) is 0 Å². The Bertz CT molecular complexity index is 531. The van der Waals surface area contributed by atoms with Crippen molar-refractivity contribution in [1.82, 2.24) is 10.3 Å². The number of nitrogens with one attached hydrogen (secondary N) is 1. The van der Waals surface area contributed by atoms with Crippen LogP contribution < -0.4 is 5.32 Å². The molecule has 1 aromatic rings. The van der Waals surface area contributed by atoms with Crippen LogP contribution in [-0.4, -0.2) is 34.6 Å². The van der Waals surface area contributed by atoms with Crippen LogP contribution in [0.1, 0.15) is 30.1 Å². The molecule has 1 aliphatic heterocycles. The number of amides is 1. The molecule has 2 heterocycles. The van der Waals surface area contributed by atoms with E-state index in [0.717, 1.165) is 19.0 Å². The van der Waals surface area contributed by atoms with Crippen molar-refractivity contribution in [2.45, 2.75) is 31.9 Å². The van der Waals surface area contributed by atoms with Crippen molar-refractivity contribution >= 4 is 23.2 Å². The molecule has 0 aliphatic carbocycles. The summed E-state index contributed by atoms with van der Waals surface area (Å²) in [5.74, 6) is -0.552. The lowest BCUT2D eigenvalue weighted by Crippen LogP contribution is -2.41. The fraction of sp³-hybridized carbons (Fsp3) is 0.500. The first-order valence-electron chi connectivity index (χ1n) is 6.21. The highest BCUT2D eigenvalue weighted by atomic mass is 35.5. The van der Waals surface area contributed by atoms with Crippen LogP contribution >= 0.6 is 11.6 Å². The van der Waals surface area contributed by atoms with Crippen LogP contribution in [0.2, 0.25) is 5.15 Å². The molecule has 1 N–H and O–H groups in total. The molecule has 0 aromatic carbocycles. The number of carbonyl (C=O) groups excluding carboxylic acids is 1. The van der Waals surface area contributed by atoms with Crippen molar-refractivity contribution in [3.8, 4) is 0 Å². The lowest BCUT2D eigenvalue weighted by atomic mass is 10.1.